The molecule has 14 heavy (non-hydrogen) atoms. The zero-order valence-electron chi connectivity index (χ0n) is 8.92. The molecule has 78 valence electrons. The molecule has 0 unspecified atom stereocenters. The van der Waals surface area contributed by atoms with E-state index in [2.05, 4.69) is 0 Å². The van der Waals surface area contributed by atoms with E-state index in [1.165, 1.54) is 6.07 Å². The number of nitrogens with two attached hydrogens (primary N) is 1. The van der Waals surface area contributed by atoms with Crippen molar-refractivity contribution in [2.45, 2.75) is 19.9 Å². The Balaban J connectivity index is 3.22. The van der Waals surface area contributed by atoms with Gasteiger partial charge in [0, 0.05) is 19.6 Å². The number of hydrogen-bond acceptors (Lipinski definition) is 2. The molecular formula is C11H17FN2. The summed E-state index contributed by atoms with van der Waals surface area (Å²) in [5, 5.41) is 0. The van der Waals surface area contributed by atoms with E-state index in [4.69, 9.17) is 5.73 Å². The Labute approximate surface area is 84.5 Å². The van der Waals surface area contributed by atoms with Crippen LogP contribution in [0.15, 0.2) is 18.2 Å². The van der Waals surface area contributed by atoms with Crippen molar-refractivity contribution in [3.05, 3.63) is 29.6 Å². The second-order valence-electron chi connectivity index (χ2n) is 3.48. The van der Waals surface area contributed by atoms with E-state index in [-0.39, 0.29) is 11.9 Å². The maximum atomic E-state index is 13.6. The first-order valence-corrected chi connectivity index (χ1v) is 4.83. The summed E-state index contributed by atoms with van der Waals surface area (Å²) in [6.07, 6.45) is 0. The van der Waals surface area contributed by atoms with Crippen molar-refractivity contribution in [3.63, 3.8) is 0 Å². The van der Waals surface area contributed by atoms with Crippen LogP contribution >= 0.6 is 0 Å². The standard InChI is InChI=1S/C11H17FN2/c1-4-14(3)11-9(8(2)13)6-5-7-10(11)12/h5-8H,4,13H2,1-3H3/t8-/m1/s1. The van der Waals surface area contributed by atoms with Gasteiger partial charge in [0.2, 0.25) is 0 Å². The highest BCUT2D eigenvalue weighted by atomic mass is 19.1. The zero-order chi connectivity index (χ0) is 10.7. The van der Waals surface area contributed by atoms with Crippen LogP contribution in [0, 0.1) is 5.82 Å². The quantitative estimate of drug-likeness (QED) is 0.803. The molecule has 0 aliphatic heterocycles. The molecule has 0 spiro atoms. The van der Waals surface area contributed by atoms with Crippen LogP contribution in [-0.2, 0) is 0 Å². The highest BCUT2D eigenvalue weighted by Gasteiger charge is 2.13. The number of rotatable bonds is 3. The molecule has 1 aromatic carbocycles. The number of benzene rings is 1. The second-order valence-corrected chi connectivity index (χ2v) is 3.48. The minimum Gasteiger partial charge on any atom is -0.372 e. The van der Waals surface area contributed by atoms with Gasteiger partial charge in [-0.2, -0.15) is 0 Å². The largest absolute Gasteiger partial charge is 0.372 e. The lowest BCUT2D eigenvalue weighted by Gasteiger charge is -2.22. The minimum atomic E-state index is -0.204. The first kappa shape index (κ1) is 11.0. The summed E-state index contributed by atoms with van der Waals surface area (Å²) < 4.78 is 13.6. The molecule has 0 saturated heterocycles. The van der Waals surface area contributed by atoms with E-state index < -0.39 is 0 Å². The molecule has 0 heterocycles. The molecule has 2 N–H and O–H groups in total. The molecule has 0 saturated carbocycles. The van der Waals surface area contributed by atoms with E-state index in [1.54, 1.807) is 6.07 Å². The maximum absolute atomic E-state index is 13.6. The van der Waals surface area contributed by atoms with Gasteiger partial charge >= 0.3 is 0 Å². The molecule has 1 atom stereocenters. The van der Waals surface area contributed by atoms with E-state index in [1.807, 2.05) is 31.9 Å². The smallest absolute Gasteiger partial charge is 0.146 e. The molecule has 1 rings (SSSR count). The van der Waals surface area contributed by atoms with Crippen molar-refractivity contribution < 1.29 is 4.39 Å². The van der Waals surface area contributed by atoms with Gasteiger partial charge in [-0.1, -0.05) is 12.1 Å². The fraction of sp³-hybridized carbons (Fsp3) is 0.455. The number of anilines is 1. The summed E-state index contributed by atoms with van der Waals surface area (Å²) in [7, 11) is 1.87. The van der Waals surface area contributed by atoms with Gasteiger partial charge in [-0.3, -0.25) is 0 Å². The number of nitrogens with zero attached hydrogens (tertiary/aromatic N) is 1. The fourth-order valence-electron chi connectivity index (χ4n) is 1.46. The molecule has 0 radical (unpaired) electrons. The van der Waals surface area contributed by atoms with Crippen LogP contribution in [0.2, 0.25) is 0 Å². The Morgan fingerprint density at radius 1 is 1.50 bits per heavy atom. The number of para-hydroxylation sites is 1. The molecule has 0 aromatic heterocycles. The average Bonchev–Trinajstić information content (AvgIpc) is 2.16. The maximum Gasteiger partial charge on any atom is 0.146 e. The Kier molecular flexibility index (Phi) is 3.47. The molecule has 0 aliphatic carbocycles. The van der Waals surface area contributed by atoms with Gasteiger partial charge in [-0.25, -0.2) is 4.39 Å². The molecular weight excluding hydrogens is 179 g/mol. The highest BCUT2D eigenvalue weighted by Crippen LogP contribution is 2.27. The van der Waals surface area contributed by atoms with Crippen LogP contribution in [0.3, 0.4) is 0 Å². The average molecular weight is 196 g/mol. The van der Waals surface area contributed by atoms with Crippen LogP contribution in [0.25, 0.3) is 0 Å². The van der Waals surface area contributed by atoms with Crippen LogP contribution in [0.4, 0.5) is 10.1 Å². The molecule has 0 fully saturated rings. The Morgan fingerprint density at radius 2 is 2.14 bits per heavy atom. The van der Waals surface area contributed by atoms with Gasteiger partial charge in [-0.05, 0) is 25.5 Å². The van der Waals surface area contributed by atoms with Crippen LogP contribution < -0.4 is 10.6 Å². The van der Waals surface area contributed by atoms with E-state index in [9.17, 15) is 4.39 Å². The monoisotopic (exact) mass is 196 g/mol. The third-order valence-electron chi connectivity index (χ3n) is 2.36. The van der Waals surface area contributed by atoms with Gasteiger partial charge in [0.25, 0.3) is 0 Å². The predicted octanol–water partition coefficient (Wildman–Crippen LogP) is 2.30. The molecule has 1 aromatic rings. The third-order valence-corrected chi connectivity index (χ3v) is 2.36. The van der Waals surface area contributed by atoms with Crippen molar-refractivity contribution in [1.82, 2.24) is 0 Å². The Morgan fingerprint density at radius 3 is 2.64 bits per heavy atom. The summed E-state index contributed by atoms with van der Waals surface area (Å²) >= 11 is 0. The number of halogens is 1. The van der Waals surface area contributed by atoms with E-state index in [0.29, 0.717) is 5.69 Å². The van der Waals surface area contributed by atoms with Crippen molar-refractivity contribution in [3.8, 4) is 0 Å². The van der Waals surface area contributed by atoms with Crippen LogP contribution in [-0.4, -0.2) is 13.6 Å². The lowest BCUT2D eigenvalue weighted by molar-refractivity contribution is 0.617. The van der Waals surface area contributed by atoms with Gasteiger partial charge in [0.1, 0.15) is 5.82 Å². The Hall–Kier alpha value is -1.09. The van der Waals surface area contributed by atoms with Crippen molar-refractivity contribution in [1.29, 1.82) is 0 Å². The highest BCUT2D eigenvalue weighted by molar-refractivity contribution is 5.55. The lowest BCUT2D eigenvalue weighted by atomic mass is 10.1. The fourth-order valence-corrected chi connectivity index (χ4v) is 1.46. The lowest BCUT2D eigenvalue weighted by Crippen LogP contribution is -2.21. The molecule has 0 bridgehead atoms. The van der Waals surface area contributed by atoms with Crippen molar-refractivity contribution in [2.75, 3.05) is 18.5 Å². The first-order chi connectivity index (χ1) is 6.57. The van der Waals surface area contributed by atoms with Gasteiger partial charge < -0.3 is 10.6 Å². The summed E-state index contributed by atoms with van der Waals surface area (Å²) in [6.45, 7) is 4.61. The van der Waals surface area contributed by atoms with Crippen LogP contribution in [0.1, 0.15) is 25.5 Å². The number of hydrogen-bond donors (Lipinski definition) is 1. The van der Waals surface area contributed by atoms with Gasteiger partial charge in [0.15, 0.2) is 0 Å². The SMILES string of the molecule is CCN(C)c1c(F)cccc1[C@@H](C)N. The van der Waals surface area contributed by atoms with E-state index in [0.717, 1.165) is 12.1 Å². The summed E-state index contributed by atoms with van der Waals surface area (Å²) in [4.78, 5) is 1.87. The van der Waals surface area contributed by atoms with Crippen LogP contribution in [0.5, 0.6) is 0 Å². The summed E-state index contributed by atoms with van der Waals surface area (Å²) in [5.41, 5.74) is 7.25. The zero-order valence-corrected chi connectivity index (χ0v) is 8.92. The van der Waals surface area contributed by atoms with Gasteiger partial charge in [-0.15, -0.1) is 0 Å². The second kappa shape index (κ2) is 4.42. The molecule has 3 heteroatoms. The van der Waals surface area contributed by atoms with E-state index >= 15 is 0 Å². The van der Waals surface area contributed by atoms with Crippen molar-refractivity contribution in [2.24, 2.45) is 5.73 Å². The minimum absolute atomic E-state index is 0.144. The normalized spacial score (nSPS) is 12.6. The summed E-state index contributed by atoms with van der Waals surface area (Å²) in [5.74, 6) is -0.204. The predicted molar refractivity (Wildman–Crippen MR) is 57.9 cm³/mol. The first-order valence-electron chi connectivity index (χ1n) is 4.83. The van der Waals surface area contributed by atoms with Crippen molar-refractivity contribution >= 4 is 5.69 Å². The third kappa shape index (κ3) is 2.04. The summed E-state index contributed by atoms with van der Waals surface area (Å²) in [6, 6.07) is 4.89. The Bertz CT molecular complexity index is 310. The molecule has 0 aliphatic rings. The van der Waals surface area contributed by atoms with Gasteiger partial charge in [0.05, 0.1) is 5.69 Å². The molecule has 2 nitrogen and oxygen atoms in total. The topological polar surface area (TPSA) is 29.3 Å². The molecule has 0 amide bonds.